The molecule has 0 atom stereocenters. The summed E-state index contributed by atoms with van der Waals surface area (Å²) in [5.74, 6) is -0.133. The molecule has 1 N–H and O–H groups in total. The predicted molar refractivity (Wildman–Crippen MR) is 90.4 cm³/mol. The summed E-state index contributed by atoms with van der Waals surface area (Å²) in [5.41, 5.74) is 1.46. The molecule has 8 heteroatoms. The van der Waals surface area contributed by atoms with Crippen molar-refractivity contribution in [1.29, 1.82) is 0 Å². The Labute approximate surface area is 141 Å². The molecule has 1 aromatic carbocycles. The Morgan fingerprint density at radius 1 is 1.26 bits per heavy atom. The van der Waals surface area contributed by atoms with Gasteiger partial charge in [0.1, 0.15) is 27.7 Å². The molecule has 5 nitrogen and oxygen atoms in total. The van der Waals surface area contributed by atoms with E-state index >= 15 is 0 Å². The summed E-state index contributed by atoms with van der Waals surface area (Å²) in [7, 11) is 1.34. The summed E-state index contributed by atoms with van der Waals surface area (Å²) < 4.78 is 17.7. The van der Waals surface area contributed by atoms with E-state index in [0.29, 0.717) is 21.2 Å². The molecule has 2 heterocycles. The number of ether oxygens (including phenoxy) is 1. The molecule has 0 amide bonds. The minimum absolute atomic E-state index is 0. The maximum absolute atomic E-state index is 13.0. The van der Waals surface area contributed by atoms with Gasteiger partial charge in [0.05, 0.1) is 12.5 Å². The third-order valence-electron chi connectivity index (χ3n) is 3.20. The van der Waals surface area contributed by atoms with Crippen LogP contribution in [0, 0.1) is 12.7 Å². The first kappa shape index (κ1) is 17.1. The van der Waals surface area contributed by atoms with E-state index < -0.39 is 5.97 Å². The normalized spacial score (nSPS) is 10.2. The number of carbonyl (C=O) groups is 1. The summed E-state index contributed by atoms with van der Waals surface area (Å²) >= 11 is 1.26. The van der Waals surface area contributed by atoms with Crippen LogP contribution in [0.5, 0.6) is 0 Å². The molecule has 23 heavy (non-hydrogen) atoms. The van der Waals surface area contributed by atoms with Crippen LogP contribution < -0.4 is 5.32 Å². The number of anilines is 2. The van der Waals surface area contributed by atoms with E-state index in [-0.39, 0.29) is 18.2 Å². The van der Waals surface area contributed by atoms with E-state index in [4.69, 9.17) is 4.74 Å². The molecule has 0 spiro atoms. The molecule has 3 rings (SSSR count). The van der Waals surface area contributed by atoms with E-state index in [0.717, 1.165) is 10.9 Å². The Morgan fingerprint density at radius 3 is 2.61 bits per heavy atom. The molecule has 0 aliphatic rings. The number of nitrogens with one attached hydrogen (secondary N) is 1. The van der Waals surface area contributed by atoms with Gasteiger partial charge in [-0.05, 0) is 36.8 Å². The lowest BCUT2D eigenvalue weighted by molar-refractivity contribution is 0.0605. The van der Waals surface area contributed by atoms with Crippen LogP contribution in [0.1, 0.15) is 15.2 Å². The fraction of sp³-hybridized carbons (Fsp3) is 0.133. The fourth-order valence-electron chi connectivity index (χ4n) is 2.12. The maximum atomic E-state index is 13.0. The zero-order valence-corrected chi connectivity index (χ0v) is 13.9. The molecule has 3 aromatic rings. The van der Waals surface area contributed by atoms with Gasteiger partial charge < -0.3 is 10.1 Å². The van der Waals surface area contributed by atoms with Crippen LogP contribution in [0.15, 0.2) is 30.6 Å². The summed E-state index contributed by atoms with van der Waals surface area (Å²) in [4.78, 5) is 21.4. The van der Waals surface area contributed by atoms with Gasteiger partial charge in [0, 0.05) is 5.69 Å². The highest BCUT2D eigenvalue weighted by Gasteiger charge is 2.19. The summed E-state index contributed by atoms with van der Waals surface area (Å²) in [6, 6.07) is 5.96. The molecule has 0 aliphatic heterocycles. The van der Waals surface area contributed by atoms with Crippen LogP contribution in [0.2, 0.25) is 0 Å². The van der Waals surface area contributed by atoms with Gasteiger partial charge in [-0.1, -0.05) is 0 Å². The summed E-state index contributed by atoms with van der Waals surface area (Å²) in [5, 5.41) is 3.88. The number of rotatable bonds is 3. The highest BCUT2D eigenvalue weighted by molar-refractivity contribution is 7.20. The van der Waals surface area contributed by atoms with Crippen LogP contribution in [-0.4, -0.2) is 23.0 Å². The second-order valence-electron chi connectivity index (χ2n) is 4.58. The number of thiophene rings is 1. The second kappa shape index (κ2) is 6.89. The average molecular weight is 354 g/mol. The number of methoxy groups -OCH3 is 1. The standard InChI is InChI=1S/C15H12FN3O2S.ClH/c1-8-11-13(19-10-5-3-9(16)4-6-10)17-7-18-14(11)22-12(8)15(20)21-2;/h3-7H,1-2H3,(H,17,18,19);1H. The van der Waals surface area contributed by atoms with Crippen LogP contribution in [0.25, 0.3) is 10.2 Å². The lowest BCUT2D eigenvalue weighted by Crippen LogP contribution is -2.00. The topological polar surface area (TPSA) is 64.1 Å². The molecule has 0 saturated heterocycles. The number of benzene rings is 1. The second-order valence-corrected chi connectivity index (χ2v) is 5.58. The fourth-order valence-corrected chi connectivity index (χ4v) is 3.19. The smallest absolute Gasteiger partial charge is 0.348 e. The zero-order chi connectivity index (χ0) is 15.7. The first-order chi connectivity index (χ1) is 10.6. The Bertz CT molecular complexity index is 852. The van der Waals surface area contributed by atoms with Crippen molar-refractivity contribution in [2.75, 3.05) is 12.4 Å². The molecular weight excluding hydrogens is 341 g/mol. The van der Waals surface area contributed by atoms with E-state index in [2.05, 4.69) is 15.3 Å². The maximum Gasteiger partial charge on any atom is 0.348 e. The lowest BCUT2D eigenvalue weighted by atomic mass is 10.2. The summed E-state index contributed by atoms with van der Waals surface area (Å²) in [6.45, 7) is 1.82. The van der Waals surface area contributed by atoms with Crippen LogP contribution in [0.4, 0.5) is 15.9 Å². The number of aryl methyl sites for hydroxylation is 1. The Kier molecular flexibility index (Phi) is 5.12. The van der Waals surface area contributed by atoms with Crippen molar-refractivity contribution in [3.05, 3.63) is 46.9 Å². The first-order valence-corrected chi connectivity index (χ1v) is 7.27. The van der Waals surface area contributed by atoms with Crippen molar-refractivity contribution in [3.8, 4) is 0 Å². The minimum atomic E-state index is -0.395. The van der Waals surface area contributed by atoms with Crippen molar-refractivity contribution in [3.63, 3.8) is 0 Å². The number of hydrogen-bond acceptors (Lipinski definition) is 6. The van der Waals surface area contributed by atoms with Crippen LogP contribution in [0.3, 0.4) is 0 Å². The molecular formula is C15H13ClFN3O2S. The van der Waals surface area contributed by atoms with E-state index in [1.807, 2.05) is 6.92 Å². The van der Waals surface area contributed by atoms with Gasteiger partial charge in [-0.3, -0.25) is 0 Å². The number of halogens is 2. The van der Waals surface area contributed by atoms with Gasteiger partial charge in [-0.15, -0.1) is 23.7 Å². The van der Waals surface area contributed by atoms with Gasteiger partial charge in [0.25, 0.3) is 0 Å². The zero-order valence-electron chi connectivity index (χ0n) is 12.3. The number of hydrogen-bond donors (Lipinski definition) is 1. The van der Waals surface area contributed by atoms with Crippen molar-refractivity contribution in [1.82, 2.24) is 9.97 Å². The van der Waals surface area contributed by atoms with Crippen molar-refractivity contribution in [2.24, 2.45) is 0 Å². The first-order valence-electron chi connectivity index (χ1n) is 6.45. The number of nitrogens with zero attached hydrogens (tertiary/aromatic N) is 2. The molecule has 0 aliphatic carbocycles. The summed E-state index contributed by atoms with van der Waals surface area (Å²) in [6.07, 6.45) is 1.42. The highest BCUT2D eigenvalue weighted by Crippen LogP contribution is 2.34. The van der Waals surface area contributed by atoms with E-state index in [1.165, 1.54) is 36.9 Å². The van der Waals surface area contributed by atoms with Crippen molar-refractivity contribution >= 4 is 51.4 Å². The predicted octanol–water partition coefficient (Wildman–Crippen LogP) is 4.09. The Morgan fingerprint density at radius 2 is 1.96 bits per heavy atom. The molecule has 0 bridgehead atoms. The number of fused-ring (bicyclic) bond motifs is 1. The Hall–Kier alpha value is -2.25. The molecule has 0 fully saturated rings. The number of aromatic nitrogens is 2. The molecule has 120 valence electrons. The quantitative estimate of drug-likeness (QED) is 0.718. The van der Waals surface area contributed by atoms with Gasteiger partial charge in [0.2, 0.25) is 0 Å². The third kappa shape index (κ3) is 3.25. The third-order valence-corrected chi connectivity index (χ3v) is 4.38. The van der Waals surface area contributed by atoms with E-state index in [9.17, 15) is 9.18 Å². The minimum Gasteiger partial charge on any atom is -0.465 e. The van der Waals surface area contributed by atoms with Gasteiger partial charge in [-0.25, -0.2) is 19.2 Å². The lowest BCUT2D eigenvalue weighted by Gasteiger charge is -2.07. The van der Waals surface area contributed by atoms with Crippen molar-refractivity contribution in [2.45, 2.75) is 6.92 Å². The van der Waals surface area contributed by atoms with E-state index in [1.54, 1.807) is 12.1 Å². The molecule has 2 aromatic heterocycles. The van der Waals surface area contributed by atoms with Gasteiger partial charge in [-0.2, -0.15) is 0 Å². The molecule has 0 radical (unpaired) electrons. The van der Waals surface area contributed by atoms with Crippen LogP contribution >= 0.6 is 23.7 Å². The SMILES string of the molecule is COC(=O)c1sc2ncnc(Nc3ccc(F)cc3)c2c1C.Cl. The highest BCUT2D eigenvalue weighted by atomic mass is 35.5. The largest absolute Gasteiger partial charge is 0.465 e. The Balaban J connectivity index is 0.00000192. The van der Waals surface area contributed by atoms with Crippen LogP contribution in [-0.2, 0) is 4.74 Å². The number of carbonyl (C=O) groups excluding carboxylic acids is 1. The monoisotopic (exact) mass is 353 g/mol. The van der Waals surface area contributed by atoms with Gasteiger partial charge in [0.15, 0.2) is 0 Å². The van der Waals surface area contributed by atoms with Crippen molar-refractivity contribution < 1.29 is 13.9 Å². The molecule has 0 unspecified atom stereocenters. The average Bonchev–Trinajstić information content (AvgIpc) is 2.87. The van der Waals surface area contributed by atoms with Gasteiger partial charge >= 0.3 is 5.97 Å². The molecule has 0 saturated carbocycles. The number of esters is 1.